The molecule has 1 spiro atoms. The third-order valence-electron chi connectivity index (χ3n) is 5.53. The molecule has 0 aromatic heterocycles. The number of carbonyl (C=O) groups is 2. The van der Waals surface area contributed by atoms with Crippen molar-refractivity contribution < 1.29 is 19.1 Å². The summed E-state index contributed by atoms with van der Waals surface area (Å²) in [7, 11) is 0. The van der Waals surface area contributed by atoms with Crippen molar-refractivity contribution in [3.05, 3.63) is 29.3 Å². The van der Waals surface area contributed by atoms with Gasteiger partial charge in [0.1, 0.15) is 0 Å². The van der Waals surface area contributed by atoms with Crippen molar-refractivity contribution in [1.82, 2.24) is 4.90 Å². The fraction of sp³-hybridized carbons (Fsp3) is 0.579. The van der Waals surface area contributed by atoms with Gasteiger partial charge in [-0.25, -0.2) is 4.90 Å². The van der Waals surface area contributed by atoms with Crippen LogP contribution >= 0.6 is 0 Å². The maximum atomic E-state index is 13.0. The molecule has 6 nitrogen and oxygen atoms in total. The highest BCUT2D eigenvalue weighted by atomic mass is 16.7. The molecule has 3 heterocycles. The molecule has 0 bridgehead atoms. The molecule has 1 atom stereocenters. The topological polar surface area (TPSA) is 59.1 Å². The number of hydrogen-bond acceptors (Lipinski definition) is 5. The molecule has 4 rings (SSSR count). The first-order chi connectivity index (χ1) is 12.0. The number of carbonyl (C=O) groups excluding carboxylic acids is 2. The highest BCUT2D eigenvalue weighted by Gasteiger charge is 2.47. The van der Waals surface area contributed by atoms with Gasteiger partial charge in [0.25, 0.3) is 5.91 Å². The van der Waals surface area contributed by atoms with Crippen molar-refractivity contribution in [2.75, 3.05) is 31.2 Å². The summed E-state index contributed by atoms with van der Waals surface area (Å²) in [6.45, 7) is 6.65. The van der Waals surface area contributed by atoms with E-state index in [4.69, 9.17) is 9.47 Å². The summed E-state index contributed by atoms with van der Waals surface area (Å²) in [5, 5.41) is 0. The zero-order chi connectivity index (χ0) is 17.6. The van der Waals surface area contributed by atoms with Gasteiger partial charge in [-0.1, -0.05) is 17.7 Å². The van der Waals surface area contributed by atoms with E-state index in [-0.39, 0.29) is 24.3 Å². The number of likely N-dealkylation sites (tertiary alicyclic amines) is 1. The molecule has 1 unspecified atom stereocenters. The summed E-state index contributed by atoms with van der Waals surface area (Å²) < 4.78 is 11.5. The second-order valence-corrected chi connectivity index (χ2v) is 7.22. The Hall–Kier alpha value is -1.76. The summed E-state index contributed by atoms with van der Waals surface area (Å²) >= 11 is 0. The number of amides is 2. The SMILES string of the molecule is Cc1ccc(N2C(=O)CC(N3CCC4(CC3)OCCO4)C2=O)c(C)c1. The van der Waals surface area contributed by atoms with Gasteiger partial charge in [0.15, 0.2) is 5.79 Å². The second-order valence-electron chi connectivity index (χ2n) is 7.22. The molecule has 3 aliphatic rings. The average molecular weight is 344 g/mol. The quantitative estimate of drug-likeness (QED) is 0.766. The van der Waals surface area contributed by atoms with Crippen LogP contribution in [0.4, 0.5) is 5.69 Å². The van der Waals surface area contributed by atoms with Gasteiger partial charge in [0, 0.05) is 25.9 Å². The van der Waals surface area contributed by atoms with Crippen molar-refractivity contribution in [2.24, 2.45) is 0 Å². The standard InChI is InChI=1S/C19H24N2O4/c1-13-3-4-15(14(2)11-13)21-17(22)12-16(18(21)23)20-7-5-19(6-8-20)24-9-10-25-19/h3-4,11,16H,5-10,12H2,1-2H3. The Labute approximate surface area is 147 Å². The van der Waals surface area contributed by atoms with Gasteiger partial charge in [-0.2, -0.15) is 0 Å². The highest BCUT2D eigenvalue weighted by Crippen LogP contribution is 2.35. The molecular formula is C19H24N2O4. The maximum Gasteiger partial charge on any atom is 0.251 e. The van der Waals surface area contributed by atoms with Crippen LogP contribution in [0.2, 0.25) is 0 Å². The largest absolute Gasteiger partial charge is 0.347 e. The monoisotopic (exact) mass is 344 g/mol. The number of nitrogens with zero attached hydrogens (tertiary/aromatic N) is 2. The number of aryl methyl sites for hydroxylation is 2. The molecule has 0 N–H and O–H groups in total. The van der Waals surface area contributed by atoms with Crippen molar-refractivity contribution in [3.63, 3.8) is 0 Å². The zero-order valence-corrected chi connectivity index (χ0v) is 14.8. The van der Waals surface area contributed by atoms with E-state index in [9.17, 15) is 9.59 Å². The molecule has 1 aromatic rings. The van der Waals surface area contributed by atoms with Gasteiger partial charge in [-0.05, 0) is 25.5 Å². The number of rotatable bonds is 2. The van der Waals surface area contributed by atoms with Crippen LogP contribution in [0.3, 0.4) is 0 Å². The van der Waals surface area contributed by atoms with Gasteiger partial charge >= 0.3 is 0 Å². The van der Waals surface area contributed by atoms with Gasteiger partial charge < -0.3 is 9.47 Å². The summed E-state index contributed by atoms with van der Waals surface area (Å²) in [5.74, 6) is -0.688. The van der Waals surface area contributed by atoms with Crippen LogP contribution in [0, 0.1) is 13.8 Å². The predicted molar refractivity (Wildman–Crippen MR) is 92.3 cm³/mol. The van der Waals surface area contributed by atoms with E-state index in [1.165, 1.54) is 4.90 Å². The summed E-state index contributed by atoms with van der Waals surface area (Å²) in [4.78, 5) is 29.0. The molecule has 25 heavy (non-hydrogen) atoms. The van der Waals surface area contributed by atoms with Crippen molar-refractivity contribution >= 4 is 17.5 Å². The fourth-order valence-corrected chi connectivity index (χ4v) is 4.17. The third kappa shape index (κ3) is 2.88. The minimum atomic E-state index is -0.463. The Morgan fingerprint density at radius 2 is 1.76 bits per heavy atom. The number of imide groups is 1. The van der Waals surface area contributed by atoms with Crippen LogP contribution in [-0.4, -0.2) is 54.8 Å². The smallest absolute Gasteiger partial charge is 0.251 e. The van der Waals surface area contributed by atoms with Gasteiger partial charge in [0.2, 0.25) is 5.91 Å². The van der Waals surface area contributed by atoms with E-state index in [0.29, 0.717) is 32.0 Å². The van der Waals surface area contributed by atoms with Crippen molar-refractivity contribution in [2.45, 2.75) is 44.9 Å². The molecule has 134 valence electrons. The molecular weight excluding hydrogens is 320 g/mol. The Kier molecular flexibility index (Phi) is 4.14. The van der Waals surface area contributed by atoms with Crippen LogP contribution in [-0.2, 0) is 19.1 Å². The lowest BCUT2D eigenvalue weighted by Crippen LogP contribution is -2.51. The van der Waals surface area contributed by atoms with Crippen LogP contribution in [0.5, 0.6) is 0 Å². The number of hydrogen-bond donors (Lipinski definition) is 0. The van der Waals surface area contributed by atoms with Crippen LogP contribution in [0.1, 0.15) is 30.4 Å². The third-order valence-corrected chi connectivity index (χ3v) is 5.53. The van der Waals surface area contributed by atoms with Crippen LogP contribution in [0.25, 0.3) is 0 Å². The lowest BCUT2D eigenvalue weighted by molar-refractivity contribution is -0.188. The molecule has 0 radical (unpaired) electrons. The maximum absolute atomic E-state index is 13.0. The minimum absolute atomic E-state index is 0.110. The van der Waals surface area contributed by atoms with Gasteiger partial charge in [-0.3, -0.25) is 14.5 Å². The van der Waals surface area contributed by atoms with Crippen LogP contribution in [0.15, 0.2) is 18.2 Å². The first kappa shape index (κ1) is 16.7. The summed E-state index contributed by atoms with van der Waals surface area (Å²) in [6.07, 6.45) is 1.74. The van der Waals surface area contributed by atoms with E-state index in [0.717, 1.165) is 24.0 Å². The van der Waals surface area contributed by atoms with Crippen molar-refractivity contribution in [1.29, 1.82) is 0 Å². The second kappa shape index (κ2) is 6.20. The molecule has 3 saturated heterocycles. The van der Waals surface area contributed by atoms with Gasteiger partial charge in [-0.15, -0.1) is 0 Å². The zero-order valence-electron chi connectivity index (χ0n) is 14.8. The Morgan fingerprint density at radius 1 is 1.08 bits per heavy atom. The fourth-order valence-electron chi connectivity index (χ4n) is 4.17. The molecule has 0 aliphatic carbocycles. The number of piperidine rings is 1. The lowest BCUT2D eigenvalue weighted by atomic mass is 10.0. The molecule has 2 amide bonds. The Bertz CT molecular complexity index is 701. The molecule has 3 aliphatic heterocycles. The number of benzene rings is 1. The number of ether oxygens (including phenoxy) is 2. The lowest BCUT2D eigenvalue weighted by Gasteiger charge is -2.39. The first-order valence-electron chi connectivity index (χ1n) is 8.95. The average Bonchev–Trinajstić information content (AvgIpc) is 3.15. The molecule has 0 saturated carbocycles. The van der Waals surface area contributed by atoms with E-state index in [2.05, 4.69) is 4.90 Å². The Balaban J connectivity index is 1.50. The summed E-state index contributed by atoms with van der Waals surface area (Å²) in [5.41, 5.74) is 2.78. The molecule has 1 aromatic carbocycles. The van der Waals surface area contributed by atoms with Gasteiger partial charge in [0.05, 0.1) is 31.4 Å². The van der Waals surface area contributed by atoms with E-state index in [1.54, 1.807) is 0 Å². The highest BCUT2D eigenvalue weighted by molar-refractivity contribution is 6.22. The predicted octanol–water partition coefficient (Wildman–Crippen LogP) is 1.77. The van der Waals surface area contributed by atoms with E-state index in [1.807, 2.05) is 32.0 Å². The molecule has 6 heteroatoms. The first-order valence-corrected chi connectivity index (χ1v) is 8.95. The van der Waals surface area contributed by atoms with Crippen LogP contribution < -0.4 is 4.90 Å². The van der Waals surface area contributed by atoms with E-state index < -0.39 is 5.79 Å². The van der Waals surface area contributed by atoms with E-state index >= 15 is 0 Å². The normalized spacial score (nSPS) is 26.8. The minimum Gasteiger partial charge on any atom is -0.347 e. The van der Waals surface area contributed by atoms with Crippen molar-refractivity contribution in [3.8, 4) is 0 Å². The molecule has 3 fully saturated rings. The number of anilines is 1. The Morgan fingerprint density at radius 3 is 2.40 bits per heavy atom. The summed E-state index contributed by atoms with van der Waals surface area (Å²) in [6, 6.07) is 5.44.